The molecule has 1 aromatic carbocycles. The smallest absolute Gasteiger partial charge is 0.348 e. The average molecular weight is 438 g/mol. The quantitative estimate of drug-likeness (QED) is 0.434. The summed E-state index contributed by atoms with van der Waals surface area (Å²) >= 11 is 0.923. The number of halogens is 1. The molecule has 162 valence electrons. The lowest BCUT2D eigenvalue weighted by atomic mass is 10.1. The number of rotatable bonds is 10. The van der Waals surface area contributed by atoms with Gasteiger partial charge in [0.1, 0.15) is 22.3 Å². The molecule has 0 aliphatic carbocycles. The summed E-state index contributed by atoms with van der Waals surface area (Å²) in [6.07, 6.45) is 0. The Morgan fingerprint density at radius 3 is 2.57 bits per heavy atom. The first-order valence-corrected chi connectivity index (χ1v) is 9.94. The number of methoxy groups -OCH3 is 1. The van der Waals surface area contributed by atoms with Gasteiger partial charge in [-0.15, -0.1) is 11.3 Å². The number of amides is 1. The Labute approximate surface area is 177 Å². The first-order valence-electron chi connectivity index (χ1n) is 9.13. The van der Waals surface area contributed by atoms with Crippen molar-refractivity contribution in [3.05, 3.63) is 46.1 Å². The van der Waals surface area contributed by atoms with Gasteiger partial charge >= 0.3 is 11.9 Å². The van der Waals surface area contributed by atoms with Gasteiger partial charge in [-0.25, -0.2) is 14.0 Å². The second-order valence-electron chi connectivity index (χ2n) is 6.02. The van der Waals surface area contributed by atoms with Gasteiger partial charge in [0.2, 0.25) is 5.91 Å². The van der Waals surface area contributed by atoms with Crippen molar-refractivity contribution >= 4 is 39.9 Å². The molecule has 0 aliphatic rings. The summed E-state index contributed by atoms with van der Waals surface area (Å²) in [5, 5.41) is 5.57. The number of carbonyl (C=O) groups excluding carboxylic acids is 3. The van der Waals surface area contributed by atoms with Crippen LogP contribution in [0.2, 0.25) is 0 Å². The van der Waals surface area contributed by atoms with Crippen LogP contribution in [-0.4, -0.2) is 51.3 Å². The second kappa shape index (κ2) is 11.3. The molecule has 0 radical (unpaired) electrons. The molecular weight excluding hydrogens is 415 g/mol. The van der Waals surface area contributed by atoms with E-state index in [1.807, 2.05) is 0 Å². The summed E-state index contributed by atoms with van der Waals surface area (Å²) in [7, 11) is 1.48. The monoisotopic (exact) mass is 438 g/mol. The molecule has 0 atom stereocenters. The molecule has 0 fully saturated rings. The van der Waals surface area contributed by atoms with Crippen LogP contribution in [-0.2, 0) is 19.0 Å². The third kappa shape index (κ3) is 6.26. The zero-order valence-corrected chi connectivity index (χ0v) is 17.7. The van der Waals surface area contributed by atoms with Crippen molar-refractivity contribution < 1.29 is 33.0 Å². The summed E-state index contributed by atoms with van der Waals surface area (Å²) in [6.45, 7) is 3.49. The van der Waals surface area contributed by atoms with Crippen LogP contribution < -0.4 is 10.6 Å². The van der Waals surface area contributed by atoms with Crippen LogP contribution in [0, 0.1) is 12.7 Å². The lowest BCUT2D eigenvalue weighted by molar-refractivity contribution is -0.114. The van der Waals surface area contributed by atoms with Gasteiger partial charge in [0.25, 0.3) is 0 Å². The van der Waals surface area contributed by atoms with Gasteiger partial charge in [0.15, 0.2) is 0 Å². The van der Waals surface area contributed by atoms with Crippen molar-refractivity contribution in [3.63, 3.8) is 0 Å². The Kier molecular flexibility index (Phi) is 8.75. The van der Waals surface area contributed by atoms with Crippen molar-refractivity contribution in [2.75, 3.05) is 44.1 Å². The first kappa shape index (κ1) is 23.3. The highest BCUT2D eigenvalue weighted by atomic mass is 32.1. The molecule has 0 saturated carbocycles. The molecule has 10 heteroatoms. The van der Waals surface area contributed by atoms with Crippen LogP contribution in [0.4, 0.5) is 15.1 Å². The summed E-state index contributed by atoms with van der Waals surface area (Å²) in [5.74, 6) is -2.20. The SMILES string of the molecule is CCOC(=O)c1c(NC(=O)CNc2cccc(F)c2)sc(C(=O)OCCOC)c1C. The molecule has 2 aromatic rings. The number of benzene rings is 1. The maximum absolute atomic E-state index is 13.2. The van der Waals surface area contributed by atoms with Gasteiger partial charge in [-0.1, -0.05) is 6.07 Å². The zero-order chi connectivity index (χ0) is 22.1. The topological polar surface area (TPSA) is 103 Å². The van der Waals surface area contributed by atoms with Crippen LogP contribution in [0.3, 0.4) is 0 Å². The molecule has 0 aliphatic heterocycles. The molecule has 1 amide bonds. The minimum atomic E-state index is -0.657. The molecule has 2 rings (SSSR count). The molecule has 2 N–H and O–H groups in total. The highest BCUT2D eigenvalue weighted by molar-refractivity contribution is 7.18. The normalized spacial score (nSPS) is 10.4. The fourth-order valence-electron chi connectivity index (χ4n) is 2.48. The Bertz CT molecular complexity index is 915. The number of esters is 2. The predicted molar refractivity (Wildman–Crippen MR) is 111 cm³/mol. The summed E-state index contributed by atoms with van der Waals surface area (Å²) in [6, 6.07) is 5.67. The molecule has 0 bridgehead atoms. The number of ether oxygens (including phenoxy) is 3. The third-order valence-electron chi connectivity index (χ3n) is 3.86. The van der Waals surface area contributed by atoms with Crippen molar-refractivity contribution in [2.45, 2.75) is 13.8 Å². The lowest BCUT2D eigenvalue weighted by Crippen LogP contribution is -2.22. The van der Waals surface area contributed by atoms with E-state index in [0.717, 1.165) is 11.3 Å². The molecule has 30 heavy (non-hydrogen) atoms. The number of thiophene rings is 1. The summed E-state index contributed by atoms with van der Waals surface area (Å²) in [4.78, 5) is 37.3. The predicted octanol–water partition coefficient (Wildman–Crippen LogP) is 3.23. The molecule has 0 saturated heterocycles. The third-order valence-corrected chi connectivity index (χ3v) is 5.05. The Hall–Kier alpha value is -2.98. The number of hydrogen-bond acceptors (Lipinski definition) is 8. The average Bonchev–Trinajstić information content (AvgIpc) is 3.02. The minimum Gasteiger partial charge on any atom is -0.462 e. The van der Waals surface area contributed by atoms with E-state index in [0.29, 0.717) is 11.3 Å². The van der Waals surface area contributed by atoms with E-state index in [4.69, 9.17) is 14.2 Å². The van der Waals surface area contributed by atoms with E-state index in [9.17, 15) is 18.8 Å². The fourth-order valence-corrected chi connectivity index (χ4v) is 3.59. The van der Waals surface area contributed by atoms with Crippen molar-refractivity contribution in [3.8, 4) is 0 Å². The number of carbonyl (C=O) groups is 3. The molecule has 0 unspecified atom stereocenters. The van der Waals surface area contributed by atoms with Gasteiger partial charge < -0.3 is 24.8 Å². The van der Waals surface area contributed by atoms with Crippen LogP contribution >= 0.6 is 11.3 Å². The van der Waals surface area contributed by atoms with Crippen molar-refractivity contribution in [2.24, 2.45) is 0 Å². The zero-order valence-electron chi connectivity index (χ0n) is 16.9. The van der Waals surface area contributed by atoms with E-state index in [2.05, 4.69) is 10.6 Å². The number of anilines is 2. The molecule has 1 heterocycles. The van der Waals surface area contributed by atoms with Crippen molar-refractivity contribution in [1.82, 2.24) is 0 Å². The molecule has 8 nitrogen and oxygen atoms in total. The highest BCUT2D eigenvalue weighted by Gasteiger charge is 2.27. The molecule has 0 spiro atoms. The van der Waals surface area contributed by atoms with E-state index >= 15 is 0 Å². The van der Waals surface area contributed by atoms with E-state index in [1.165, 1.54) is 25.3 Å². The van der Waals surface area contributed by atoms with E-state index < -0.39 is 23.7 Å². The van der Waals surface area contributed by atoms with Crippen LogP contribution in [0.15, 0.2) is 24.3 Å². The van der Waals surface area contributed by atoms with Gasteiger partial charge in [-0.2, -0.15) is 0 Å². The Balaban J connectivity index is 2.17. The van der Waals surface area contributed by atoms with Gasteiger partial charge in [-0.05, 0) is 37.6 Å². The van der Waals surface area contributed by atoms with Crippen LogP contribution in [0.25, 0.3) is 0 Å². The number of hydrogen-bond donors (Lipinski definition) is 2. The Morgan fingerprint density at radius 2 is 1.90 bits per heavy atom. The van der Waals surface area contributed by atoms with Crippen LogP contribution in [0.1, 0.15) is 32.5 Å². The Morgan fingerprint density at radius 1 is 1.13 bits per heavy atom. The van der Waals surface area contributed by atoms with E-state index in [1.54, 1.807) is 19.9 Å². The molecular formula is C20H23FN2O6S. The van der Waals surface area contributed by atoms with Gasteiger partial charge in [-0.3, -0.25) is 4.79 Å². The van der Waals surface area contributed by atoms with Gasteiger partial charge in [0, 0.05) is 12.8 Å². The second-order valence-corrected chi connectivity index (χ2v) is 7.04. The summed E-state index contributed by atoms with van der Waals surface area (Å²) < 4.78 is 28.3. The standard InChI is InChI=1S/C20H23FN2O6S/c1-4-28-19(25)16-12(2)17(20(26)29-9-8-27-3)30-18(16)23-15(24)11-22-14-7-5-6-13(21)10-14/h5-7,10,22H,4,8-9,11H2,1-3H3,(H,23,24). The number of nitrogens with one attached hydrogen (secondary N) is 2. The minimum absolute atomic E-state index is 0.0562. The molecule has 1 aromatic heterocycles. The fraction of sp³-hybridized carbons (Fsp3) is 0.350. The van der Waals surface area contributed by atoms with Crippen molar-refractivity contribution in [1.29, 1.82) is 0 Å². The lowest BCUT2D eigenvalue weighted by Gasteiger charge is -2.09. The summed E-state index contributed by atoms with van der Waals surface area (Å²) in [5.41, 5.74) is 0.884. The maximum atomic E-state index is 13.2. The largest absolute Gasteiger partial charge is 0.462 e. The van der Waals surface area contributed by atoms with Crippen LogP contribution in [0.5, 0.6) is 0 Å². The first-order chi connectivity index (χ1) is 14.4. The highest BCUT2D eigenvalue weighted by Crippen LogP contribution is 2.34. The van der Waals surface area contributed by atoms with E-state index in [-0.39, 0.29) is 41.8 Å². The van der Waals surface area contributed by atoms with Gasteiger partial charge in [0.05, 0.1) is 25.3 Å². The maximum Gasteiger partial charge on any atom is 0.348 e.